The summed E-state index contributed by atoms with van der Waals surface area (Å²) in [5.41, 5.74) is 6.93. The number of hydrogen-bond acceptors (Lipinski definition) is 4. The minimum absolute atomic E-state index is 0.131. The number of hydrogen-bond donors (Lipinski definition) is 3. The van der Waals surface area contributed by atoms with Crippen molar-refractivity contribution in [3.8, 4) is 6.07 Å². The van der Waals surface area contributed by atoms with Crippen LogP contribution in [0.25, 0.3) is 0 Å². The SMILES string of the molecule is N#C/C(=C/Nc1ccc(N)c(Cl)c1)C(=O)Nc1ccc(Cl)c(Cl)c1. The highest BCUT2D eigenvalue weighted by Crippen LogP contribution is 2.25. The molecule has 24 heavy (non-hydrogen) atoms. The molecule has 0 aliphatic rings. The monoisotopic (exact) mass is 380 g/mol. The first-order chi connectivity index (χ1) is 11.4. The lowest BCUT2D eigenvalue weighted by Gasteiger charge is -2.07. The topological polar surface area (TPSA) is 90.9 Å². The number of rotatable bonds is 4. The quantitative estimate of drug-likeness (QED) is 0.407. The molecule has 0 radical (unpaired) electrons. The summed E-state index contributed by atoms with van der Waals surface area (Å²) >= 11 is 17.6. The number of carbonyl (C=O) groups is 1. The summed E-state index contributed by atoms with van der Waals surface area (Å²) in [7, 11) is 0. The summed E-state index contributed by atoms with van der Waals surface area (Å²) in [6.07, 6.45) is 1.27. The van der Waals surface area contributed by atoms with E-state index in [1.165, 1.54) is 12.3 Å². The third-order valence-electron chi connectivity index (χ3n) is 2.93. The summed E-state index contributed by atoms with van der Waals surface area (Å²) in [6, 6.07) is 11.3. The summed E-state index contributed by atoms with van der Waals surface area (Å²) in [4.78, 5) is 12.1. The predicted octanol–water partition coefficient (Wildman–Crippen LogP) is 4.69. The Bertz CT molecular complexity index is 859. The van der Waals surface area contributed by atoms with E-state index >= 15 is 0 Å². The number of amides is 1. The minimum Gasteiger partial charge on any atom is -0.398 e. The standard InChI is InChI=1S/C16H11Cl3N4O/c17-12-3-1-11(6-13(12)18)23-16(24)9(7-20)8-22-10-2-4-15(21)14(19)5-10/h1-6,8,22H,21H2,(H,23,24)/b9-8-. The van der Waals surface area contributed by atoms with Crippen LogP contribution in [0.15, 0.2) is 48.2 Å². The van der Waals surface area contributed by atoms with Crippen LogP contribution in [0.3, 0.4) is 0 Å². The van der Waals surface area contributed by atoms with Crippen molar-refractivity contribution >= 4 is 57.8 Å². The van der Waals surface area contributed by atoms with Gasteiger partial charge in [0.1, 0.15) is 11.6 Å². The maximum absolute atomic E-state index is 12.1. The number of nitrogen functional groups attached to an aromatic ring is 1. The van der Waals surface area contributed by atoms with Crippen molar-refractivity contribution in [2.24, 2.45) is 0 Å². The van der Waals surface area contributed by atoms with Gasteiger partial charge in [0.2, 0.25) is 0 Å². The third-order valence-corrected chi connectivity index (χ3v) is 3.99. The molecule has 0 aliphatic carbocycles. The Morgan fingerprint density at radius 2 is 1.71 bits per heavy atom. The van der Waals surface area contributed by atoms with Crippen LogP contribution in [0.2, 0.25) is 15.1 Å². The molecule has 0 aromatic heterocycles. The molecule has 0 heterocycles. The van der Waals surface area contributed by atoms with Crippen molar-refractivity contribution in [3.63, 3.8) is 0 Å². The number of benzene rings is 2. The zero-order valence-corrected chi connectivity index (χ0v) is 14.4. The second-order valence-corrected chi connectivity index (χ2v) is 5.86. The molecule has 0 spiro atoms. The highest BCUT2D eigenvalue weighted by molar-refractivity contribution is 6.42. The van der Waals surface area contributed by atoms with Crippen LogP contribution in [0, 0.1) is 11.3 Å². The Morgan fingerprint density at radius 1 is 1.04 bits per heavy atom. The van der Waals surface area contributed by atoms with Crippen molar-refractivity contribution in [2.45, 2.75) is 0 Å². The van der Waals surface area contributed by atoms with Gasteiger partial charge in [-0.3, -0.25) is 4.79 Å². The van der Waals surface area contributed by atoms with Crippen LogP contribution in [-0.2, 0) is 4.79 Å². The van der Waals surface area contributed by atoms with Crippen LogP contribution < -0.4 is 16.4 Å². The van der Waals surface area contributed by atoms with Gasteiger partial charge in [-0.05, 0) is 36.4 Å². The van der Waals surface area contributed by atoms with Gasteiger partial charge < -0.3 is 16.4 Å². The molecule has 0 aliphatic heterocycles. The number of anilines is 3. The van der Waals surface area contributed by atoms with E-state index < -0.39 is 5.91 Å². The van der Waals surface area contributed by atoms with Gasteiger partial charge in [-0.15, -0.1) is 0 Å². The Hall–Kier alpha value is -2.39. The second-order valence-electron chi connectivity index (χ2n) is 4.63. The molecular formula is C16H11Cl3N4O. The Morgan fingerprint density at radius 3 is 2.33 bits per heavy atom. The molecule has 2 aromatic carbocycles. The van der Waals surface area contributed by atoms with Gasteiger partial charge in [-0.25, -0.2) is 0 Å². The van der Waals surface area contributed by atoms with Crippen LogP contribution >= 0.6 is 34.8 Å². The molecule has 2 aromatic rings. The average molecular weight is 382 g/mol. The molecule has 0 atom stereocenters. The first-order valence-corrected chi connectivity index (χ1v) is 7.72. The maximum atomic E-state index is 12.1. The molecule has 5 nitrogen and oxygen atoms in total. The first-order valence-electron chi connectivity index (χ1n) is 6.59. The zero-order valence-electron chi connectivity index (χ0n) is 12.1. The van der Waals surface area contributed by atoms with Crippen LogP contribution in [0.1, 0.15) is 0 Å². The zero-order chi connectivity index (χ0) is 17.7. The first kappa shape index (κ1) is 18.0. The summed E-state index contributed by atoms with van der Waals surface area (Å²) in [5.74, 6) is -0.593. The molecule has 4 N–H and O–H groups in total. The fraction of sp³-hybridized carbons (Fsp3) is 0. The third kappa shape index (κ3) is 4.56. The Kier molecular flexibility index (Phi) is 5.93. The van der Waals surface area contributed by atoms with Crippen molar-refractivity contribution < 1.29 is 4.79 Å². The fourth-order valence-corrected chi connectivity index (χ4v) is 2.17. The lowest BCUT2D eigenvalue weighted by Crippen LogP contribution is -2.14. The average Bonchev–Trinajstić information content (AvgIpc) is 2.55. The Labute approximate surface area is 153 Å². The number of nitriles is 1. The van der Waals surface area contributed by atoms with Gasteiger partial charge >= 0.3 is 0 Å². The van der Waals surface area contributed by atoms with E-state index in [-0.39, 0.29) is 5.57 Å². The van der Waals surface area contributed by atoms with E-state index in [1.807, 2.05) is 6.07 Å². The maximum Gasteiger partial charge on any atom is 0.267 e. The molecule has 0 fully saturated rings. The van der Waals surface area contributed by atoms with E-state index in [2.05, 4.69) is 10.6 Å². The highest BCUT2D eigenvalue weighted by Gasteiger charge is 2.10. The number of nitrogens with zero attached hydrogens (tertiary/aromatic N) is 1. The van der Waals surface area contributed by atoms with Gasteiger partial charge in [0, 0.05) is 17.6 Å². The molecule has 0 bridgehead atoms. The van der Waals surface area contributed by atoms with Gasteiger partial charge in [-0.1, -0.05) is 34.8 Å². The molecule has 122 valence electrons. The highest BCUT2D eigenvalue weighted by atomic mass is 35.5. The number of nitrogens with one attached hydrogen (secondary N) is 2. The van der Waals surface area contributed by atoms with Gasteiger partial charge in [0.05, 0.1) is 20.8 Å². The number of halogens is 3. The Balaban J connectivity index is 2.11. The van der Waals surface area contributed by atoms with Crippen LogP contribution in [-0.4, -0.2) is 5.91 Å². The fourth-order valence-electron chi connectivity index (χ4n) is 1.69. The number of carbonyl (C=O) groups excluding carboxylic acids is 1. The van der Waals surface area contributed by atoms with E-state index in [0.29, 0.717) is 32.1 Å². The van der Waals surface area contributed by atoms with Gasteiger partial charge in [0.25, 0.3) is 5.91 Å². The normalized spacial score (nSPS) is 10.8. The molecule has 0 saturated carbocycles. The van der Waals surface area contributed by atoms with Crippen molar-refractivity contribution in [1.82, 2.24) is 0 Å². The van der Waals surface area contributed by atoms with E-state index in [9.17, 15) is 4.79 Å². The lowest BCUT2D eigenvalue weighted by molar-refractivity contribution is -0.112. The summed E-state index contributed by atoms with van der Waals surface area (Å²) in [5, 5.41) is 15.5. The number of nitrogens with two attached hydrogens (primary N) is 1. The molecule has 0 unspecified atom stereocenters. The van der Waals surface area contributed by atoms with Gasteiger partial charge in [-0.2, -0.15) is 5.26 Å². The van der Waals surface area contributed by atoms with E-state index in [0.717, 1.165) is 0 Å². The van der Waals surface area contributed by atoms with E-state index in [4.69, 9.17) is 45.8 Å². The molecular weight excluding hydrogens is 371 g/mol. The molecule has 2 rings (SSSR count). The molecule has 8 heteroatoms. The van der Waals surface area contributed by atoms with Crippen molar-refractivity contribution in [2.75, 3.05) is 16.4 Å². The minimum atomic E-state index is -0.593. The van der Waals surface area contributed by atoms with Crippen molar-refractivity contribution in [1.29, 1.82) is 5.26 Å². The molecule has 0 saturated heterocycles. The van der Waals surface area contributed by atoms with Gasteiger partial charge in [0.15, 0.2) is 0 Å². The summed E-state index contributed by atoms with van der Waals surface area (Å²) < 4.78 is 0. The second kappa shape index (κ2) is 7.93. The van der Waals surface area contributed by atoms with Crippen LogP contribution in [0.5, 0.6) is 0 Å². The lowest BCUT2D eigenvalue weighted by atomic mass is 10.2. The smallest absolute Gasteiger partial charge is 0.267 e. The van der Waals surface area contributed by atoms with Crippen molar-refractivity contribution in [3.05, 3.63) is 63.2 Å². The van der Waals surface area contributed by atoms with Crippen LogP contribution in [0.4, 0.5) is 17.1 Å². The molecule has 1 amide bonds. The predicted molar refractivity (Wildman–Crippen MR) is 98.3 cm³/mol. The summed E-state index contributed by atoms with van der Waals surface area (Å²) in [6.45, 7) is 0. The van der Waals surface area contributed by atoms with E-state index in [1.54, 1.807) is 30.3 Å². The largest absolute Gasteiger partial charge is 0.398 e.